The predicted octanol–water partition coefficient (Wildman–Crippen LogP) is 6.73. The largest absolute Gasteiger partial charge is 0.341 e. The quantitative estimate of drug-likeness (QED) is 0.359. The number of fused-ring (bicyclic) bond motifs is 1. The van der Waals surface area contributed by atoms with E-state index >= 15 is 0 Å². The average Bonchev–Trinajstić information content (AvgIpc) is 3.09. The van der Waals surface area contributed by atoms with Gasteiger partial charge < -0.3 is 14.5 Å². The number of pyridine rings is 1. The van der Waals surface area contributed by atoms with E-state index in [4.69, 9.17) is 11.6 Å². The molecular formula is C30H40ClN3O2. The van der Waals surface area contributed by atoms with Crippen molar-refractivity contribution in [2.75, 3.05) is 19.6 Å². The Morgan fingerprint density at radius 2 is 1.83 bits per heavy atom. The Morgan fingerprint density at radius 1 is 1.17 bits per heavy atom. The topological polar surface area (TPSA) is 58.1 Å². The number of aromatic nitrogens is 2. The summed E-state index contributed by atoms with van der Waals surface area (Å²) in [7, 11) is 0. The second kappa shape index (κ2) is 10.5. The summed E-state index contributed by atoms with van der Waals surface area (Å²) in [4.78, 5) is 31.3. The standard InChI is InChI=1S/C30H40ClN3O2/c1-19-17-25(31)23(29(36)32-19)11-12-27(35)28-21(3)34(26-10-8-7-9-24(26)28)20(2)22-13-15-33(16-14-22)18-30(4,5)6/h7-10,17,20,22H,11-16,18H2,1-6H3,(H,32,36)/t20-/m1/s1. The summed E-state index contributed by atoms with van der Waals surface area (Å²) in [6.07, 6.45) is 2.91. The number of halogens is 1. The number of aryl methyl sites for hydroxylation is 1. The van der Waals surface area contributed by atoms with Gasteiger partial charge in [-0.3, -0.25) is 9.59 Å². The van der Waals surface area contributed by atoms with Crippen molar-refractivity contribution in [3.8, 4) is 0 Å². The lowest BCUT2D eigenvalue weighted by Gasteiger charge is -2.38. The second-order valence-electron chi connectivity index (χ2n) is 11.8. The van der Waals surface area contributed by atoms with E-state index in [1.807, 2.05) is 6.07 Å². The molecule has 0 aliphatic carbocycles. The molecule has 1 aromatic carbocycles. The minimum atomic E-state index is -0.210. The van der Waals surface area contributed by atoms with E-state index in [1.165, 1.54) is 12.8 Å². The molecule has 1 atom stereocenters. The maximum Gasteiger partial charge on any atom is 0.252 e. The molecule has 2 aromatic heterocycles. The second-order valence-corrected chi connectivity index (χ2v) is 12.2. The van der Waals surface area contributed by atoms with Crippen LogP contribution in [-0.4, -0.2) is 39.9 Å². The molecule has 1 N–H and O–H groups in total. The van der Waals surface area contributed by atoms with Crippen LogP contribution >= 0.6 is 11.6 Å². The van der Waals surface area contributed by atoms with Crippen LogP contribution in [0.2, 0.25) is 5.02 Å². The molecule has 194 valence electrons. The first-order valence-electron chi connectivity index (χ1n) is 13.2. The maximum absolute atomic E-state index is 13.6. The van der Waals surface area contributed by atoms with Gasteiger partial charge in [0, 0.05) is 52.4 Å². The number of Topliss-reactive ketones (excluding diaryl/α,β-unsaturated/α-hetero) is 1. The highest BCUT2D eigenvalue weighted by molar-refractivity contribution is 6.31. The number of benzene rings is 1. The van der Waals surface area contributed by atoms with Gasteiger partial charge in [-0.15, -0.1) is 0 Å². The zero-order valence-corrected chi connectivity index (χ0v) is 23.3. The summed E-state index contributed by atoms with van der Waals surface area (Å²) in [5.74, 6) is 0.634. The van der Waals surface area contributed by atoms with Gasteiger partial charge in [-0.2, -0.15) is 0 Å². The lowest BCUT2D eigenvalue weighted by molar-refractivity contribution is 0.0982. The van der Waals surface area contributed by atoms with Gasteiger partial charge in [0.15, 0.2) is 5.78 Å². The molecule has 5 nitrogen and oxygen atoms in total. The van der Waals surface area contributed by atoms with Crippen LogP contribution in [0, 0.1) is 25.2 Å². The van der Waals surface area contributed by atoms with Gasteiger partial charge in [-0.05, 0) is 76.6 Å². The third-order valence-corrected chi connectivity index (χ3v) is 8.01. The monoisotopic (exact) mass is 509 g/mol. The predicted molar refractivity (Wildman–Crippen MR) is 149 cm³/mol. The van der Waals surface area contributed by atoms with E-state index in [0.29, 0.717) is 34.4 Å². The Kier molecular flexibility index (Phi) is 7.82. The van der Waals surface area contributed by atoms with Crippen LogP contribution in [0.1, 0.15) is 80.3 Å². The lowest BCUT2D eigenvalue weighted by atomic mass is 9.88. The number of H-pyrrole nitrogens is 1. The maximum atomic E-state index is 13.6. The van der Waals surface area contributed by atoms with Crippen LogP contribution in [0.25, 0.3) is 10.9 Å². The molecule has 0 amide bonds. The Bertz CT molecular complexity index is 1310. The minimum absolute atomic E-state index is 0.0608. The molecule has 0 bridgehead atoms. The zero-order chi connectivity index (χ0) is 26.2. The highest BCUT2D eigenvalue weighted by Gasteiger charge is 2.30. The molecule has 0 saturated carbocycles. The molecular weight excluding hydrogens is 470 g/mol. The molecule has 1 aliphatic heterocycles. The first-order chi connectivity index (χ1) is 17.0. The molecule has 1 fully saturated rings. The van der Waals surface area contributed by atoms with E-state index < -0.39 is 0 Å². The van der Waals surface area contributed by atoms with Gasteiger partial charge in [-0.1, -0.05) is 50.6 Å². The number of carbonyl (C=O) groups is 1. The number of nitrogens with zero attached hydrogens (tertiary/aromatic N) is 2. The number of hydrogen-bond donors (Lipinski definition) is 1. The summed E-state index contributed by atoms with van der Waals surface area (Å²) in [6.45, 7) is 16.5. The summed E-state index contributed by atoms with van der Waals surface area (Å²) < 4.78 is 2.39. The van der Waals surface area contributed by atoms with Crippen molar-refractivity contribution in [2.45, 2.75) is 73.3 Å². The van der Waals surface area contributed by atoms with Crippen LogP contribution in [-0.2, 0) is 6.42 Å². The zero-order valence-electron chi connectivity index (χ0n) is 22.6. The van der Waals surface area contributed by atoms with Crippen molar-refractivity contribution in [3.05, 3.63) is 68.2 Å². The van der Waals surface area contributed by atoms with Crippen molar-refractivity contribution in [1.82, 2.24) is 14.5 Å². The van der Waals surface area contributed by atoms with E-state index in [-0.39, 0.29) is 17.8 Å². The summed E-state index contributed by atoms with van der Waals surface area (Å²) in [5.41, 5.74) is 4.23. The van der Waals surface area contributed by atoms with Crippen molar-refractivity contribution in [1.29, 1.82) is 0 Å². The van der Waals surface area contributed by atoms with Crippen LogP contribution < -0.4 is 5.56 Å². The Morgan fingerprint density at radius 3 is 2.47 bits per heavy atom. The van der Waals surface area contributed by atoms with Crippen LogP contribution in [0.15, 0.2) is 35.1 Å². The molecule has 4 rings (SSSR count). The number of carbonyl (C=O) groups excluding carboxylic acids is 1. The molecule has 3 aromatic rings. The highest BCUT2D eigenvalue weighted by atomic mass is 35.5. The minimum Gasteiger partial charge on any atom is -0.341 e. The van der Waals surface area contributed by atoms with Crippen molar-refractivity contribution in [2.24, 2.45) is 11.3 Å². The number of aromatic amines is 1. The van der Waals surface area contributed by atoms with E-state index in [0.717, 1.165) is 47.5 Å². The first kappa shape index (κ1) is 26.7. The number of para-hydroxylation sites is 1. The number of nitrogens with one attached hydrogen (secondary N) is 1. The number of piperidine rings is 1. The van der Waals surface area contributed by atoms with E-state index in [1.54, 1.807) is 13.0 Å². The van der Waals surface area contributed by atoms with Crippen LogP contribution in [0.3, 0.4) is 0 Å². The molecule has 1 saturated heterocycles. The third kappa shape index (κ3) is 5.63. The SMILES string of the molecule is Cc1cc(Cl)c(CCC(=O)c2c(C)n([C@H](C)C3CCN(CC(C)(C)C)CC3)c3ccccc23)c(=O)[nH]1. The first-order valence-corrected chi connectivity index (χ1v) is 13.6. The van der Waals surface area contributed by atoms with Gasteiger partial charge in [0.05, 0.1) is 5.02 Å². The molecule has 0 radical (unpaired) electrons. The third-order valence-electron chi connectivity index (χ3n) is 7.67. The molecule has 1 aliphatic rings. The van der Waals surface area contributed by atoms with E-state index in [9.17, 15) is 9.59 Å². The number of hydrogen-bond acceptors (Lipinski definition) is 3. The molecule has 3 heterocycles. The molecule has 0 spiro atoms. The number of rotatable bonds is 7. The summed E-state index contributed by atoms with van der Waals surface area (Å²) in [6, 6.07) is 10.3. The molecule has 6 heteroatoms. The molecule has 0 unspecified atom stereocenters. The van der Waals surface area contributed by atoms with Gasteiger partial charge in [0.2, 0.25) is 0 Å². The summed E-state index contributed by atoms with van der Waals surface area (Å²) in [5, 5.41) is 1.43. The van der Waals surface area contributed by atoms with Gasteiger partial charge in [-0.25, -0.2) is 0 Å². The number of ketones is 1. The van der Waals surface area contributed by atoms with Gasteiger partial charge in [0.25, 0.3) is 5.56 Å². The average molecular weight is 510 g/mol. The van der Waals surface area contributed by atoms with E-state index in [2.05, 4.69) is 67.3 Å². The Hall–Kier alpha value is -2.37. The normalized spacial score (nSPS) is 16.5. The fourth-order valence-electron chi connectivity index (χ4n) is 6.02. The number of likely N-dealkylation sites (tertiary alicyclic amines) is 1. The summed E-state index contributed by atoms with van der Waals surface area (Å²) >= 11 is 6.33. The molecule has 36 heavy (non-hydrogen) atoms. The van der Waals surface area contributed by atoms with Gasteiger partial charge in [0.1, 0.15) is 0 Å². The fourth-order valence-corrected chi connectivity index (χ4v) is 6.36. The van der Waals surface area contributed by atoms with Crippen molar-refractivity contribution >= 4 is 28.3 Å². The van der Waals surface area contributed by atoms with Crippen LogP contribution in [0.5, 0.6) is 0 Å². The Labute approximate surface area is 219 Å². The highest BCUT2D eigenvalue weighted by Crippen LogP contribution is 2.36. The Balaban J connectivity index is 1.57. The van der Waals surface area contributed by atoms with Crippen molar-refractivity contribution < 1.29 is 4.79 Å². The lowest BCUT2D eigenvalue weighted by Crippen LogP contribution is -2.40. The fraction of sp³-hybridized carbons (Fsp3) is 0.533. The van der Waals surface area contributed by atoms with Crippen molar-refractivity contribution in [3.63, 3.8) is 0 Å². The van der Waals surface area contributed by atoms with Crippen LogP contribution in [0.4, 0.5) is 0 Å². The van der Waals surface area contributed by atoms with Gasteiger partial charge >= 0.3 is 0 Å². The smallest absolute Gasteiger partial charge is 0.252 e.